The van der Waals surface area contributed by atoms with Crippen LogP contribution in [-0.4, -0.2) is 49.1 Å². The highest BCUT2D eigenvalue weighted by Gasteiger charge is 2.27. The van der Waals surface area contributed by atoms with E-state index in [2.05, 4.69) is 44.5 Å². The van der Waals surface area contributed by atoms with Crippen molar-refractivity contribution in [3.63, 3.8) is 0 Å². The van der Waals surface area contributed by atoms with Gasteiger partial charge >= 0.3 is 0 Å². The number of rotatable bonds is 3. The smallest absolute Gasteiger partial charge is 0.0235 e. The van der Waals surface area contributed by atoms with Gasteiger partial charge in [-0.15, -0.1) is 0 Å². The second-order valence-corrected chi connectivity index (χ2v) is 5.83. The average molecular weight is 198 g/mol. The Morgan fingerprint density at radius 3 is 2.36 bits per heavy atom. The molecule has 0 bridgehead atoms. The molecule has 0 aromatic carbocycles. The molecule has 1 atom stereocenters. The van der Waals surface area contributed by atoms with Crippen LogP contribution >= 0.6 is 0 Å². The zero-order chi connectivity index (χ0) is 10.8. The van der Waals surface area contributed by atoms with Crippen LogP contribution in [0, 0.1) is 5.41 Å². The predicted octanol–water partition coefficient (Wildman–Crippen LogP) is 2.06. The highest BCUT2D eigenvalue weighted by Crippen LogP contribution is 2.20. The van der Waals surface area contributed by atoms with Gasteiger partial charge in [0, 0.05) is 19.1 Å². The minimum Gasteiger partial charge on any atom is -0.305 e. The minimum atomic E-state index is 0.428. The van der Waals surface area contributed by atoms with Gasteiger partial charge in [-0.05, 0) is 32.0 Å². The van der Waals surface area contributed by atoms with Gasteiger partial charge in [-0.2, -0.15) is 0 Å². The Bertz CT molecular complexity index is 172. The summed E-state index contributed by atoms with van der Waals surface area (Å²) in [5.74, 6) is 0. The molecule has 2 heteroatoms. The van der Waals surface area contributed by atoms with Crippen LogP contribution < -0.4 is 0 Å². The van der Waals surface area contributed by atoms with Crippen LogP contribution in [0.5, 0.6) is 0 Å². The van der Waals surface area contributed by atoms with Gasteiger partial charge in [0.15, 0.2) is 0 Å². The van der Waals surface area contributed by atoms with E-state index in [-0.39, 0.29) is 0 Å². The molecule has 2 nitrogen and oxygen atoms in total. The van der Waals surface area contributed by atoms with Crippen LogP contribution in [-0.2, 0) is 0 Å². The van der Waals surface area contributed by atoms with Crippen molar-refractivity contribution in [2.24, 2.45) is 5.41 Å². The zero-order valence-corrected chi connectivity index (χ0v) is 10.5. The van der Waals surface area contributed by atoms with Gasteiger partial charge in [-0.25, -0.2) is 0 Å². The maximum absolute atomic E-state index is 2.64. The summed E-state index contributed by atoms with van der Waals surface area (Å²) >= 11 is 0. The lowest BCUT2D eigenvalue weighted by Gasteiger charge is -2.33. The third-order valence-corrected chi connectivity index (χ3v) is 2.97. The molecule has 0 aromatic heterocycles. The number of hydrogen-bond donors (Lipinski definition) is 0. The molecule has 0 amide bonds. The summed E-state index contributed by atoms with van der Waals surface area (Å²) in [5, 5.41) is 0. The third-order valence-electron chi connectivity index (χ3n) is 2.97. The van der Waals surface area contributed by atoms with E-state index in [9.17, 15) is 0 Å². The molecule has 1 fully saturated rings. The predicted molar refractivity (Wildman–Crippen MR) is 62.6 cm³/mol. The van der Waals surface area contributed by atoms with E-state index in [4.69, 9.17) is 0 Å². The van der Waals surface area contributed by atoms with E-state index in [1.807, 2.05) is 0 Å². The first-order chi connectivity index (χ1) is 6.42. The molecule has 1 aliphatic rings. The van der Waals surface area contributed by atoms with Gasteiger partial charge in [-0.3, -0.25) is 4.90 Å². The molecular weight excluding hydrogens is 172 g/mol. The first-order valence-electron chi connectivity index (χ1n) is 5.85. The van der Waals surface area contributed by atoms with E-state index < -0.39 is 0 Å². The van der Waals surface area contributed by atoms with E-state index in [0.29, 0.717) is 5.41 Å². The molecule has 14 heavy (non-hydrogen) atoms. The van der Waals surface area contributed by atoms with Gasteiger partial charge in [-0.1, -0.05) is 27.7 Å². The van der Waals surface area contributed by atoms with Crippen LogP contribution in [0.25, 0.3) is 0 Å². The number of nitrogens with zero attached hydrogens (tertiary/aromatic N) is 2. The molecular formula is C12H26N2. The summed E-state index contributed by atoms with van der Waals surface area (Å²) in [4.78, 5) is 5.08. The maximum atomic E-state index is 2.64. The standard InChI is InChI=1S/C12H26N2/c1-6-14(10-12(2,3)4)11-7-8-13(5)9-11/h11H,6-10H2,1-5H3. The summed E-state index contributed by atoms with van der Waals surface area (Å²) in [6, 6.07) is 0.796. The summed E-state index contributed by atoms with van der Waals surface area (Å²) in [6.07, 6.45) is 1.35. The van der Waals surface area contributed by atoms with Crippen molar-refractivity contribution < 1.29 is 0 Å². The Labute approximate surface area is 89.3 Å². The molecule has 0 aliphatic carbocycles. The van der Waals surface area contributed by atoms with Gasteiger partial charge in [0.05, 0.1) is 0 Å². The number of likely N-dealkylation sites (N-methyl/N-ethyl adjacent to an activating group) is 2. The second kappa shape index (κ2) is 4.63. The number of likely N-dealkylation sites (tertiary alicyclic amines) is 1. The molecule has 0 spiro atoms. The first kappa shape index (κ1) is 12.0. The minimum absolute atomic E-state index is 0.428. The fourth-order valence-electron chi connectivity index (χ4n) is 2.32. The highest BCUT2D eigenvalue weighted by atomic mass is 15.2. The Balaban J connectivity index is 2.46. The molecule has 0 aromatic rings. The van der Waals surface area contributed by atoms with Gasteiger partial charge in [0.2, 0.25) is 0 Å². The Kier molecular flexibility index (Phi) is 3.96. The quantitative estimate of drug-likeness (QED) is 0.685. The summed E-state index contributed by atoms with van der Waals surface area (Å²) in [5.41, 5.74) is 0.428. The van der Waals surface area contributed by atoms with Crippen LogP contribution in [0.4, 0.5) is 0 Å². The third kappa shape index (κ3) is 3.58. The topological polar surface area (TPSA) is 6.48 Å². The highest BCUT2D eigenvalue weighted by molar-refractivity contribution is 4.83. The fourth-order valence-corrected chi connectivity index (χ4v) is 2.32. The van der Waals surface area contributed by atoms with Gasteiger partial charge < -0.3 is 4.90 Å². The molecule has 0 N–H and O–H groups in total. The van der Waals surface area contributed by atoms with E-state index in [1.165, 1.54) is 32.6 Å². The van der Waals surface area contributed by atoms with Crippen molar-refractivity contribution in [3.8, 4) is 0 Å². The molecule has 0 radical (unpaired) electrons. The summed E-state index contributed by atoms with van der Waals surface area (Å²) in [6.45, 7) is 14.2. The Hall–Kier alpha value is -0.0800. The molecule has 1 heterocycles. The second-order valence-electron chi connectivity index (χ2n) is 5.83. The van der Waals surface area contributed by atoms with Crippen molar-refractivity contribution >= 4 is 0 Å². The molecule has 84 valence electrons. The van der Waals surface area contributed by atoms with Crippen molar-refractivity contribution in [3.05, 3.63) is 0 Å². The number of hydrogen-bond acceptors (Lipinski definition) is 2. The van der Waals surface area contributed by atoms with Gasteiger partial charge in [0.1, 0.15) is 0 Å². The summed E-state index contributed by atoms with van der Waals surface area (Å²) < 4.78 is 0. The SMILES string of the molecule is CCN(CC(C)(C)C)C1CCN(C)C1. The van der Waals surface area contributed by atoms with Crippen molar-refractivity contribution in [2.45, 2.75) is 40.2 Å². The van der Waals surface area contributed by atoms with E-state index >= 15 is 0 Å². The molecule has 1 saturated heterocycles. The summed E-state index contributed by atoms with van der Waals surface area (Å²) in [7, 11) is 2.23. The normalized spacial score (nSPS) is 24.9. The van der Waals surface area contributed by atoms with E-state index in [1.54, 1.807) is 0 Å². The van der Waals surface area contributed by atoms with E-state index in [0.717, 1.165) is 6.04 Å². The Morgan fingerprint density at radius 2 is 2.00 bits per heavy atom. The lowest BCUT2D eigenvalue weighted by atomic mass is 9.95. The van der Waals surface area contributed by atoms with Crippen molar-refractivity contribution in [2.75, 3.05) is 33.2 Å². The molecule has 1 rings (SSSR count). The van der Waals surface area contributed by atoms with Gasteiger partial charge in [0.25, 0.3) is 0 Å². The molecule has 1 unspecified atom stereocenters. The van der Waals surface area contributed by atoms with Crippen LogP contribution in [0.3, 0.4) is 0 Å². The largest absolute Gasteiger partial charge is 0.305 e. The van der Waals surface area contributed by atoms with Crippen LogP contribution in [0.15, 0.2) is 0 Å². The zero-order valence-electron chi connectivity index (χ0n) is 10.5. The van der Waals surface area contributed by atoms with Crippen molar-refractivity contribution in [1.82, 2.24) is 9.80 Å². The maximum Gasteiger partial charge on any atom is 0.0235 e. The molecule has 0 saturated carbocycles. The first-order valence-corrected chi connectivity index (χ1v) is 5.85. The molecule has 1 aliphatic heterocycles. The Morgan fingerprint density at radius 1 is 1.36 bits per heavy atom. The lowest BCUT2D eigenvalue weighted by Crippen LogP contribution is -2.41. The average Bonchev–Trinajstić information content (AvgIpc) is 2.46. The monoisotopic (exact) mass is 198 g/mol. The van der Waals surface area contributed by atoms with Crippen LogP contribution in [0.1, 0.15) is 34.1 Å². The van der Waals surface area contributed by atoms with Crippen molar-refractivity contribution in [1.29, 1.82) is 0 Å². The fraction of sp³-hybridized carbons (Fsp3) is 1.00. The lowest BCUT2D eigenvalue weighted by molar-refractivity contribution is 0.147. The van der Waals surface area contributed by atoms with Crippen LogP contribution in [0.2, 0.25) is 0 Å².